The lowest BCUT2D eigenvalue weighted by molar-refractivity contribution is -0.166. The third kappa shape index (κ3) is 10.6. The first kappa shape index (κ1) is 41.1. The lowest BCUT2D eigenvalue weighted by atomic mass is 9.78. The molecule has 16 atom stereocenters. The van der Waals surface area contributed by atoms with Crippen molar-refractivity contribution in [3.05, 3.63) is 0 Å². The second kappa shape index (κ2) is 17.9. The molecule has 4 N–H and O–H groups in total. The fourth-order valence-corrected chi connectivity index (χ4v) is 6.76. The number of ketones is 2. The summed E-state index contributed by atoms with van der Waals surface area (Å²) in [5, 5.41) is 41.6. The summed E-state index contributed by atoms with van der Waals surface area (Å²) in [5.41, 5.74) is 0. The maximum atomic E-state index is 12.6. The third-order valence-corrected chi connectivity index (χ3v) is 10.6. The van der Waals surface area contributed by atoms with E-state index in [-0.39, 0.29) is 41.2 Å². The van der Waals surface area contributed by atoms with E-state index in [1.165, 1.54) is 0 Å². The minimum Gasteiger partial charge on any atom is -0.462 e. The van der Waals surface area contributed by atoms with E-state index >= 15 is 0 Å². The summed E-state index contributed by atoms with van der Waals surface area (Å²) in [7, 11) is 0. The second-order valence-electron chi connectivity index (χ2n) is 14.4. The average Bonchev–Trinajstić information content (AvgIpc) is 3.01. The van der Waals surface area contributed by atoms with Crippen LogP contribution in [0.1, 0.15) is 102 Å². The van der Waals surface area contributed by atoms with Crippen LogP contribution in [0.3, 0.4) is 0 Å². The lowest BCUT2D eigenvalue weighted by Gasteiger charge is -2.34. The average molecular weight is 643 g/mol. The number of ether oxygens (including phenoxy) is 2. The van der Waals surface area contributed by atoms with E-state index in [2.05, 4.69) is 0 Å². The van der Waals surface area contributed by atoms with Crippen molar-refractivity contribution in [2.24, 2.45) is 59.2 Å². The Hall–Kier alpha value is -1.88. The van der Waals surface area contributed by atoms with Crippen LogP contribution in [-0.4, -0.2) is 80.6 Å². The number of rotatable bonds is 1. The van der Waals surface area contributed by atoms with Crippen LogP contribution in [0.15, 0.2) is 0 Å². The molecular weight excluding hydrogens is 580 g/mol. The van der Waals surface area contributed by atoms with Crippen molar-refractivity contribution in [3.63, 3.8) is 0 Å². The molecule has 10 nitrogen and oxygen atoms in total. The number of aliphatic hydroxyl groups excluding tert-OH is 4. The zero-order valence-corrected chi connectivity index (χ0v) is 29.6. The Morgan fingerprint density at radius 3 is 1.27 bits per heavy atom. The van der Waals surface area contributed by atoms with E-state index < -0.39 is 78.2 Å². The highest BCUT2D eigenvalue weighted by atomic mass is 16.5. The van der Waals surface area contributed by atoms with Crippen LogP contribution in [0.4, 0.5) is 0 Å². The van der Waals surface area contributed by atoms with Crippen LogP contribution < -0.4 is 0 Å². The molecule has 45 heavy (non-hydrogen) atoms. The first-order chi connectivity index (χ1) is 20.7. The Morgan fingerprint density at radius 1 is 0.533 bits per heavy atom. The number of hydrogen-bond donors (Lipinski definition) is 4. The molecule has 0 aliphatic carbocycles. The maximum Gasteiger partial charge on any atom is 0.311 e. The third-order valence-electron chi connectivity index (χ3n) is 10.6. The van der Waals surface area contributed by atoms with E-state index in [1.807, 2.05) is 34.6 Å². The quantitative estimate of drug-likeness (QED) is 0.307. The summed E-state index contributed by atoms with van der Waals surface area (Å²) >= 11 is 0. The largest absolute Gasteiger partial charge is 0.462 e. The fourth-order valence-electron chi connectivity index (χ4n) is 6.76. The van der Waals surface area contributed by atoms with Gasteiger partial charge >= 0.3 is 11.9 Å². The summed E-state index contributed by atoms with van der Waals surface area (Å²) < 4.78 is 10.8. The predicted octanol–water partition coefficient (Wildman–Crippen LogP) is 3.98. The molecule has 0 spiro atoms. The van der Waals surface area contributed by atoms with Crippen LogP contribution in [-0.2, 0) is 28.7 Å². The summed E-state index contributed by atoms with van der Waals surface area (Å²) in [4.78, 5) is 49.5. The van der Waals surface area contributed by atoms with E-state index in [4.69, 9.17) is 9.47 Å². The van der Waals surface area contributed by atoms with Crippen molar-refractivity contribution in [2.45, 2.75) is 139 Å². The minimum absolute atomic E-state index is 0.0424. The van der Waals surface area contributed by atoms with Crippen molar-refractivity contribution >= 4 is 23.5 Å². The highest BCUT2D eigenvalue weighted by Crippen LogP contribution is 2.31. The molecule has 2 heterocycles. The topological polar surface area (TPSA) is 168 Å². The molecule has 0 radical (unpaired) electrons. The summed E-state index contributed by atoms with van der Waals surface area (Å²) in [5.74, 6) is -4.83. The van der Waals surface area contributed by atoms with Gasteiger partial charge in [0.25, 0.3) is 0 Å². The summed E-state index contributed by atoms with van der Waals surface area (Å²) in [6.07, 6.45) is -2.82. The van der Waals surface area contributed by atoms with E-state index in [0.717, 1.165) is 0 Å². The molecule has 0 unspecified atom stereocenters. The van der Waals surface area contributed by atoms with E-state index in [9.17, 15) is 39.6 Å². The lowest BCUT2D eigenvalue weighted by Crippen LogP contribution is -2.44. The molecule has 2 aliphatic rings. The van der Waals surface area contributed by atoms with Gasteiger partial charge in [0.2, 0.25) is 0 Å². The van der Waals surface area contributed by atoms with Crippen LogP contribution in [0.5, 0.6) is 0 Å². The second-order valence-corrected chi connectivity index (χ2v) is 14.4. The van der Waals surface area contributed by atoms with Gasteiger partial charge in [0.05, 0.1) is 48.1 Å². The van der Waals surface area contributed by atoms with Gasteiger partial charge < -0.3 is 29.9 Å². The number of Topliss-reactive ketones (excluding diaryl/α,β-unsaturated/α-hetero) is 2. The van der Waals surface area contributed by atoms with Gasteiger partial charge in [0.1, 0.15) is 23.8 Å². The van der Waals surface area contributed by atoms with Gasteiger partial charge in [-0.1, -0.05) is 62.3 Å². The van der Waals surface area contributed by atoms with Crippen LogP contribution in [0, 0.1) is 59.2 Å². The normalized spacial score (nSPS) is 44.9. The number of hydrogen-bond acceptors (Lipinski definition) is 10. The Morgan fingerprint density at radius 2 is 0.889 bits per heavy atom. The number of cyclic esters (lactones) is 2. The molecule has 2 aliphatic heterocycles. The van der Waals surface area contributed by atoms with Crippen LogP contribution in [0.25, 0.3) is 0 Å². The van der Waals surface area contributed by atoms with Crippen molar-refractivity contribution in [3.8, 4) is 0 Å². The Kier molecular flexibility index (Phi) is 16.3. The summed E-state index contributed by atoms with van der Waals surface area (Å²) in [6, 6.07) is 0. The summed E-state index contributed by atoms with van der Waals surface area (Å²) in [6.45, 7) is 21.2. The predicted molar refractivity (Wildman–Crippen MR) is 171 cm³/mol. The van der Waals surface area contributed by atoms with Crippen LogP contribution in [0.2, 0.25) is 0 Å². The van der Waals surface area contributed by atoms with Crippen molar-refractivity contribution < 1.29 is 49.1 Å². The van der Waals surface area contributed by atoms with Gasteiger partial charge in [-0.3, -0.25) is 19.2 Å². The van der Waals surface area contributed by atoms with Gasteiger partial charge in [-0.05, 0) is 51.9 Å². The van der Waals surface area contributed by atoms with E-state index in [1.54, 1.807) is 48.5 Å². The Balaban J connectivity index is 0.000000450. The molecule has 2 saturated heterocycles. The van der Waals surface area contributed by atoms with E-state index in [0.29, 0.717) is 19.3 Å². The zero-order chi connectivity index (χ0) is 35.1. The maximum absolute atomic E-state index is 12.6. The molecular formula is C35H62O10. The number of esters is 2. The number of carbonyl (C=O) groups is 4. The number of carbonyl (C=O) groups excluding carboxylic acids is 4. The Bertz CT molecular complexity index is 983. The van der Waals surface area contributed by atoms with Crippen molar-refractivity contribution in [1.29, 1.82) is 0 Å². The molecule has 0 aromatic heterocycles. The zero-order valence-electron chi connectivity index (χ0n) is 29.6. The molecule has 2 rings (SSSR count). The monoisotopic (exact) mass is 642 g/mol. The molecule has 262 valence electrons. The highest BCUT2D eigenvalue weighted by molar-refractivity contribution is 5.84. The molecule has 0 aromatic rings. The van der Waals surface area contributed by atoms with Crippen molar-refractivity contribution in [2.75, 3.05) is 0 Å². The smallest absolute Gasteiger partial charge is 0.311 e. The standard InChI is InChI=1S/C18H32O5.C17H30O5/c1-7-14-11(4)15(19)9(2)8-10(3)16(20)12(5)17(21)13(6)18(22)23-14;1-8-7-9(2)15(19)11(4)16(20)12(5)17(21)22-13(6)10(3)14(8)18/h9-14,16-17,20-21H,7-8H2,1-6H3;8-13,15-16,19-20H,7H2,1-6H3/t9-,10+,11-,12-,13-,14+,16+,17+;8-,9+,10-,11-,12-,13+,15+,16+/m11/s1. The SMILES string of the molecule is CC[C@@H]1OC(=O)[C@H](C)[C@@H](O)[C@H](C)[C@@H](O)[C@@H](C)C[C@@H](C)C(=O)[C@@H]1C.C[C@@H]1[C@@H](O)[C@@H](C)C[C@@H](C)C(=O)[C@H](C)[C@H](C)OC(=O)[C@H](C)[C@H]1O. The molecule has 10 heteroatoms. The highest BCUT2D eigenvalue weighted by Gasteiger charge is 2.40. The van der Waals surface area contributed by atoms with Gasteiger partial charge in [-0.15, -0.1) is 0 Å². The van der Waals surface area contributed by atoms with Crippen molar-refractivity contribution in [1.82, 2.24) is 0 Å². The van der Waals surface area contributed by atoms with Gasteiger partial charge in [-0.2, -0.15) is 0 Å². The molecule has 0 bridgehead atoms. The molecule has 0 saturated carbocycles. The molecule has 0 amide bonds. The van der Waals surface area contributed by atoms with Gasteiger partial charge in [0.15, 0.2) is 0 Å². The van der Waals surface area contributed by atoms with Gasteiger partial charge in [0, 0.05) is 23.7 Å². The first-order valence-corrected chi connectivity index (χ1v) is 16.9. The number of aliphatic hydroxyl groups is 4. The van der Waals surface area contributed by atoms with Gasteiger partial charge in [-0.25, -0.2) is 0 Å². The molecule has 0 aromatic carbocycles. The fraction of sp³-hybridized carbons (Fsp3) is 0.886. The minimum atomic E-state index is -0.974. The first-order valence-electron chi connectivity index (χ1n) is 16.9. The molecule has 2 fully saturated rings. The Labute approximate surface area is 270 Å². The van der Waals surface area contributed by atoms with Crippen LogP contribution >= 0.6 is 0 Å².